The van der Waals surface area contributed by atoms with Crippen molar-refractivity contribution >= 4 is 70.5 Å². The molecule has 1 radical (unpaired) electrons. The van der Waals surface area contributed by atoms with Crippen molar-refractivity contribution in [2.24, 2.45) is 0 Å². The first-order valence-electron chi connectivity index (χ1n) is 27.6. The number of nitrogens with zero attached hydrogens (tertiary/aromatic N) is 4. The molecular formula is C68H72IrN4OSi2-2. The van der Waals surface area contributed by atoms with Gasteiger partial charge in [0.25, 0.3) is 0 Å². The molecule has 0 N–H and O–H groups in total. The first-order chi connectivity index (χ1) is 36.4. The number of imidazole rings is 2. The van der Waals surface area contributed by atoms with Gasteiger partial charge < -0.3 is 13.6 Å². The Labute approximate surface area is 469 Å². The van der Waals surface area contributed by atoms with E-state index in [2.05, 4.69) is 204 Å². The van der Waals surface area contributed by atoms with Crippen LogP contribution in [0.4, 0.5) is 0 Å². The van der Waals surface area contributed by atoms with Crippen LogP contribution in [0, 0.1) is 12.1 Å². The Morgan fingerprint density at radius 2 is 1.03 bits per heavy atom. The van der Waals surface area contributed by atoms with Crippen LogP contribution < -0.4 is 10.4 Å². The van der Waals surface area contributed by atoms with Crippen molar-refractivity contribution in [3.63, 3.8) is 0 Å². The van der Waals surface area contributed by atoms with Crippen LogP contribution in [0.15, 0.2) is 162 Å². The van der Waals surface area contributed by atoms with E-state index in [-0.39, 0.29) is 20.1 Å². The fraction of sp³-hybridized carbons (Fsp3) is 0.265. The maximum absolute atomic E-state index is 8.90. The normalized spacial score (nSPS) is 12.8. The molecule has 11 rings (SSSR count). The zero-order chi connectivity index (χ0) is 54.9. The topological polar surface area (TPSA) is 48.8 Å². The largest absolute Gasteiger partial charge is 0.501 e. The van der Waals surface area contributed by atoms with Gasteiger partial charge in [0.2, 0.25) is 0 Å². The third-order valence-electron chi connectivity index (χ3n) is 14.6. The van der Waals surface area contributed by atoms with Crippen LogP contribution in [0.2, 0.25) is 39.3 Å². The molecule has 0 bridgehead atoms. The summed E-state index contributed by atoms with van der Waals surface area (Å²) >= 11 is 0. The van der Waals surface area contributed by atoms with E-state index < -0.39 is 27.9 Å². The summed E-state index contributed by atoms with van der Waals surface area (Å²) in [7, 11) is -2.94. The summed E-state index contributed by atoms with van der Waals surface area (Å²) in [6, 6.07) is 62.4. The number of aromatic nitrogens is 4. The van der Waals surface area contributed by atoms with E-state index in [4.69, 9.17) is 17.1 Å². The number of hydrogen-bond acceptors (Lipinski definition) is 3. The quantitative estimate of drug-likeness (QED) is 0.0958. The van der Waals surface area contributed by atoms with Gasteiger partial charge in [-0.2, -0.15) is 0 Å². The van der Waals surface area contributed by atoms with Gasteiger partial charge in [0.15, 0.2) is 0 Å². The summed E-state index contributed by atoms with van der Waals surface area (Å²) in [5, 5.41) is 5.06. The number of fused-ring (bicyclic) bond motifs is 5. The van der Waals surface area contributed by atoms with E-state index in [0.29, 0.717) is 11.8 Å². The van der Waals surface area contributed by atoms with Gasteiger partial charge in [-0.15, -0.1) is 53.2 Å². The summed E-state index contributed by atoms with van der Waals surface area (Å²) < 4.78 is 29.0. The number of hydrogen-bond donors (Lipinski definition) is 0. The SMILES string of the molecule is CC(C)c1cc(-c2ccccc2)cc(C(C)C)c1-n1c(-c2[c-]ccc3c2oc2ccc([Si](C)(C)C)cc23)nc2ccccc21.[2H]C(C)(C)c1cccc(C([2H])(C)C)c1-n1c(-c2[c-]cc([Si](C)(C)C)cc2)nc2ccccc21.[Ir]. The zero-order valence-electron chi connectivity index (χ0n) is 48.7. The third kappa shape index (κ3) is 10.3. The standard InChI is InChI=1S/C40H39N2OSi.C28H33N2Si.Ir/c1-25(2)32-22-28(27-14-9-8-10-15-27)23-33(26(3)4)38(32)42-36-19-12-11-18-35(36)41-40(42)31-17-13-16-30-34-24-29(44(5,6)7)20-21-37(34)43-39(30)31;1-19(2)23-11-10-12-24(20(3)4)27(23)30-26-14-9-8-13-25(26)29-28(30)21-15-17-22(18-16-21)31(5,6)7;/h8-16,18-26H,1-7H3;8-15,17-20H,1-7H3;/q2*-1;/i;19D,20D;. The van der Waals surface area contributed by atoms with Crippen molar-refractivity contribution in [3.05, 3.63) is 192 Å². The molecule has 0 saturated carbocycles. The Bertz CT molecular complexity index is 3910. The van der Waals surface area contributed by atoms with Gasteiger partial charge in [0.05, 0.1) is 47.4 Å². The summed E-state index contributed by atoms with van der Waals surface area (Å²) in [4.78, 5) is 10.3. The number of benzene rings is 8. The van der Waals surface area contributed by atoms with Crippen LogP contribution >= 0.6 is 0 Å². The molecule has 76 heavy (non-hydrogen) atoms. The minimum Gasteiger partial charge on any atom is -0.501 e. The molecule has 5 nitrogen and oxygen atoms in total. The molecular weight excluding hydrogens is 1140 g/mol. The fourth-order valence-corrected chi connectivity index (χ4v) is 12.7. The van der Waals surface area contributed by atoms with Crippen molar-refractivity contribution in [2.75, 3.05) is 0 Å². The average Bonchev–Trinajstić information content (AvgIpc) is 4.20. The van der Waals surface area contributed by atoms with Crippen molar-refractivity contribution < 1.29 is 27.3 Å². The van der Waals surface area contributed by atoms with E-state index in [9.17, 15) is 0 Å². The zero-order valence-corrected chi connectivity index (χ0v) is 51.1. The second kappa shape index (κ2) is 21.5. The van der Waals surface area contributed by atoms with Crippen LogP contribution in [-0.2, 0) is 20.1 Å². The van der Waals surface area contributed by atoms with Crippen LogP contribution in [0.25, 0.3) is 89.3 Å². The molecule has 0 spiro atoms. The van der Waals surface area contributed by atoms with E-state index >= 15 is 0 Å². The Balaban J connectivity index is 0.000000195. The molecule has 0 aliphatic carbocycles. The first kappa shape index (κ1) is 51.7. The van der Waals surface area contributed by atoms with Gasteiger partial charge in [-0.25, -0.2) is 0 Å². The predicted octanol–water partition coefficient (Wildman–Crippen LogP) is 18.1. The van der Waals surface area contributed by atoms with Crippen LogP contribution in [0.1, 0.15) is 104 Å². The molecule has 0 aliphatic rings. The summed E-state index contributed by atoms with van der Waals surface area (Å²) in [5.41, 5.74) is 16.4. The second-order valence-corrected chi connectivity index (χ2v) is 33.5. The Kier molecular flexibility index (Phi) is 14.6. The predicted molar refractivity (Wildman–Crippen MR) is 326 cm³/mol. The number of para-hydroxylation sites is 5. The van der Waals surface area contributed by atoms with Crippen molar-refractivity contribution in [1.29, 1.82) is 0 Å². The fourth-order valence-electron chi connectivity index (χ4n) is 10.5. The van der Waals surface area contributed by atoms with Crippen molar-refractivity contribution in [3.8, 4) is 45.3 Å². The van der Waals surface area contributed by atoms with Crippen molar-refractivity contribution in [2.45, 2.75) is 118 Å². The summed E-state index contributed by atoms with van der Waals surface area (Å²) in [6.07, 6.45) is 0. The molecule has 0 amide bonds. The molecule has 11 aromatic rings. The number of rotatable bonds is 11. The molecule has 0 saturated heterocycles. The summed E-state index contributed by atoms with van der Waals surface area (Å²) in [5.74, 6) is 0.560. The minimum absolute atomic E-state index is 0. The van der Waals surface area contributed by atoms with E-state index in [1.54, 1.807) is 0 Å². The maximum Gasteiger partial charge on any atom is 0.120 e. The van der Waals surface area contributed by atoms with Crippen LogP contribution in [0.5, 0.6) is 0 Å². The monoisotopic (exact) mass is 1210 g/mol. The average molecular weight is 1210 g/mol. The molecule has 389 valence electrons. The van der Waals surface area contributed by atoms with E-state index in [0.717, 1.165) is 83.6 Å². The molecule has 0 unspecified atom stereocenters. The first-order valence-corrected chi connectivity index (χ1v) is 33.6. The summed E-state index contributed by atoms with van der Waals surface area (Å²) in [6.45, 7) is 30.9. The molecule has 0 atom stereocenters. The molecule has 0 fully saturated rings. The number of furan rings is 1. The van der Waals surface area contributed by atoms with Crippen LogP contribution in [-0.4, -0.2) is 35.2 Å². The third-order valence-corrected chi connectivity index (χ3v) is 18.7. The van der Waals surface area contributed by atoms with Gasteiger partial charge >= 0.3 is 0 Å². The van der Waals surface area contributed by atoms with Gasteiger partial charge in [0.1, 0.15) is 5.58 Å². The van der Waals surface area contributed by atoms with Gasteiger partial charge in [-0.1, -0.05) is 196 Å². The van der Waals surface area contributed by atoms with E-state index in [1.165, 1.54) is 38.3 Å². The van der Waals surface area contributed by atoms with E-state index in [1.807, 2.05) is 70.2 Å². The van der Waals surface area contributed by atoms with Gasteiger partial charge in [-0.3, -0.25) is 9.97 Å². The van der Waals surface area contributed by atoms with Gasteiger partial charge in [0, 0.05) is 47.7 Å². The Morgan fingerprint density at radius 1 is 0.500 bits per heavy atom. The molecule has 3 heterocycles. The molecule has 8 heteroatoms. The Hall–Kier alpha value is -6.42. The second-order valence-electron chi connectivity index (χ2n) is 23.3. The van der Waals surface area contributed by atoms with Gasteiger partial charge in [-0.05, 0) is 99.5 Å². The Morgan fingerprint density at radius 3 is 1.57 bits per heavy atom. The molecule has 8 aromatic carbocycles. The molecule has 0 aliphatic heterocycles. The molecule has 3 aromatic heterocycles. The minimum atomic E-state index is -1.49. The van der Waals surface area contributed by atoms with Crippen molar-refractivity contribution in [1.82, 2.24) is 19.1 Å². The van der Waals surface area contributed by atoms with Crippen LogP contribution in [0.3, 0.4) is 0 Å². The maximum atomic E-state index is 8.90. The smallest absolute Gasteiger partial charge is 0.120 e.